The molecule has 2 amide bonds. The normalized spacial score (nSPS) is 11.2. The van der Waals surface area contributed by atoms with Gasteiger partial charge in [0.15, 0.2) is 0 Å². The fourth-order valence-electron chi connectivity index (χ4n) is 2.85. The summed E-state index contributed by atoms with van der Waals surface area (Å²) in [5, 5.41) is 10.2. The van der Waals surface area contributed by atoms with Crippen LogP contribution in [0.5, 0.6) is 0 Å². The Morgan fingerprint density at radius 2 is 1.67 bits per heavy atom. The SMILES string of the molecule is CCC(C)(C)NC(=O)c1ccc(NC(=O)c2cnn(-c3ccc(Br)cc3)c2C)cc1. The average molecular weight is 469 g/mol. The van der Waals surface area contributed by atoms with E-state index in [9.17, 15) is 9.59 Å². The van der Waals surface area contributed by atoms with Gasteiger partial charge >= 0.3 is 0 Å². The molecule has 0 bridgehead atoms. The summed E-state index contributed by atoms with van der Waals surface area (Å²) in [6, 6.07) is 14.6. The molecule has 2 aromatic carbocycles. The van der Waals surface area contributed by atoms with Crippen LogP contribution in [-0.2, 0) is 0 Å². The number of nitrogens with zero attached hydrogens (tertiary/aromatic N) is 2. The second-order valence-electron chi connectivity index (χ2n) is 7.75. The van der Waals surface area contributed by atoms with E-state index >= 15 is 0 Å². The topological polar surface area (TPSA) is 76.0 Å². The highest BCUT2D eigenvalue weighted by atomic mass is 79.9. The van der Waals surface area contributed by atoms with E-state index in [1.807, 2.05) is 52.0 Å². The van der Waals surface area contributed by atoms with Crippen molar-refractivity contribution in [1.29, 1.82) is 0 Å². The monoisotopic (exact) mass is 468 g/mol. The van der Waals surface area contributed by atoms with Gasteiger partial charge in [0, 0.05) is 21.3 Å². The summed E-state index contributed by atoms with van der Waals surface area (Å²) in [6.07, 6.45) is 2.39. The number of amides is 2. The van der Waals surface area contributed by atoms with Gasteiger partial charge in [-0.15, -0.1) is 0 Å². The second kappa shape index (κ2) is 8.83. The lowest BCUT2D eigenvalue weighted by Gasteiger charge is -2.24. The number of anilines is 1. The zero-order valence-electron chi connectivity index (χ0n) is 17.5. The number of carbonyl (C=O) groups excluding carboxylic acids is 2. The molecule has 6 nitrogen and oxygen atoms in total. The van der Waals surface area contributed by atoms with Gasteiger partial charge in [-0.3, -0.25) is 9.59 Å². The van der Waals surface area contributed by atoms with Crippen molar-refractivity contribution in [3.8, 4) is 5.69 Å². The Morgan fingerprint density at radius 1 is 1.03 bits per heavy atom. The molecule has 0 unspecified atom stereocenters. The average Bonchev–Trinajstić information content (AvgIpc) is 3.10. The first-order valence-electron chi connectivity index (χ1n) is 9.74. The first-order chi connectivity index (χ1) is 14.2. The number of rotatable bonds is 6. The minimum atomic E-state index is -0.267. The van der Waals surface area contributed by atoms with Crippen molar-refractivity contribution < 1.29 is 9.59 Å². The van der Waals surface area contributed by atoms with Gasteiger partial charge in [-0.05, 0) is 75.7 Å². The van der Waals surface area contributed by atoms with Gasteiger partial charge < -0.3 is 10.6 Å². The zero-order valence-corrected chi connectivity index (χ0v) is 19.1. The summed E-state index contributed by atoms with van der Waals surface area (Å²) < 4.78 is 2.70. The molecule has 0 aliphatic heterocycles. The van der Waals surface area contributed by atoms with Crippen molar-refractivity contribution in [2.24, 2.45) is 0 Å². The summed E-state index contributed by atoms with van der Waals surface area (Å²) in [5.74, 6) is -0.383. The van der Waals surface area contributed by atoms with E-state index in [1.54, 1.807) is 35.1 Å². The maximum absolute atomic E-state index is 12.7. The standard InChI is InChI=1S/C23H25BrN4O2/c1-5-23(3,4)27-21(29)16-6-10-18(11-7-16)26-22(30)20-14-25-28(15(20)2)19-12-8-17(24)9-13-19/h6-14H,5H2,1-4H3,(H,26,30)(H,27,29). The van der Waals surface area contributed by atoms with E-state index in [-0.39, 0.29) is 17.4 Å². The van der Waals surface area contributed by atoms with Gasteiger partial charge in [-0.2, -0.15) is 5.10 Å². The van der Waals surface area contributed by atoms with Crippen LogP contribution in [0.4, 0.5) is 5.69 Å². The van der Waals surface area contributed by atoms with Crippen LogP contribution in [0.1, 0.15) is 53.6 Å². The Hall–Kier alpha value is -2.93. The predicted molar refractivity (Wildman–Crippen MR) is 122 cm³/mol. The molecule has 0 aliphatic carbocycles. The number of benzene rings is 2. The second-order valence-corrected chi connectivity index (χ2v) is 8.67. The molecule has 0 saturated heterocycles. The van der Waals surface area contributed by atoms with Gasteiger partial charge in [0.05, 0.1) is 23.1 Å². The molecule has 0 spiro atoms. The summed E-state index contributed by atoms with van der Waals surface area (Å²) in [5.41, 5.74) is 3.00. The van der Waals surface area contributed by atoms with Crippen LogP contribution in [0.25, 0.3) is 5.69 Å². The van der Waals surface area contributed by atoms with E-state index in [0.29, 0.717) is 16.8 Å². The Kier molecular flexibility index (Phi) is 6.41. The van der Waals surface area contributed by atoms with Crippen LogP contribution in [0, 0.1) is 6.92 Å². The summed E-state index contributed by atoms with van der Waals surface area (Å²) in [4.78, 5) is 25.1. The molecule has 0 saturated carbocycles. The maximum Gasteiger partial charge on any atom is 0.259 e. The number of carbonyl (C=O) groups is 2. The highest BCUT2D eigenvalue weighted by Gasteiger charge is 2.19. The highest BCUT2D eigenvalue weighted by Crippen LogP contribution is 2.19. The first-order valence-corrected chi connectivity index (χ1v) is 10.5. The molecule has 1 aromatic heterocycles. The third-order valence-corrected chi connectivity index (χ3v) is 5.60. The first kappa shape index (κ1) is 21.8. The van der Waals surface area contributed by atoms with Crippen molar-refractivity contribution >= 4 is 33.4 Å². The summed E-state index contributed by atoms with van der Waals surface area (Å²) in [6.45, 7) is 7.85. The Bertz CT molecular complexity index is 1050. The molecular weight excluding hydrogens is 444 g/mol. The van der Waals surface area contributed by atoms with Crippen molar-refractivity contribution in [2.75, 3.05) is 5.32 Å². The fourth-order valence-corrected chi connectivity index (χ4v) is 3.11. The van der Waals surface area contributed by atoms with E-state index in [2.05, 4.69) is 31.7 Å². The van der Waals surface area contributed by atoms with Crippen LogP contribution in [0.3, 0.4) is 0 Å². The van der Waals surface area contributed by atoms with Crippen LogP contribution >= 0.6 is 15.9 Å². The van der Waals surface area contributed by atoms with Gasteiger partial charge in [-0.1, -0.05) is 22.9 Å². The third kappa shape index (κ3) is 4.97. The molecule has 0 aliphatic rings. The van der Waals surface area contributed by atoms with Gasteiger partial charge in [-0.25, -0.2) is 4.68 Å². The zero-order chi connectivity index (χ0) is 21.9. The molecule has 3 rings (SSSR count). The number of nitrogens with one attached hydrogen (secondary N) is 2. The lowest BCUT2D eigenvalue weighted by molar-refractivity contribution is 0.0911. The van der Waals surface area contributed by atoms with Crippen molar-refractivity contribution in [1.82, 2.24) is 15.1 Å². The predicted octanol–water partition coefficient (Wildman–Crippen LogP) is 5.11. The lowest BCUT2D eigenvalue weighted by Crippen LogP contribution is -2.42. The molecule has 156 valence electrons. The van der Waals surface area contributed by atoms with Crippen LogP contribution in [0.2, 0.25) is 0 Å². The van der Waals surface area contributed by atoms with Crippen LogP contribution < -0.4 is 10.6 Å². The molecule has 2 N–H and O–H groups in total. The molecule has 1 heterocycles. The summed E-state index contributed by atoms with van der Waals surface area (Å²) >= 11 is 3.41. The third-order valence-electron chi connectivity index (χ3n) is 5.07. The molecule has 30 heavy (non-hydrogen) atoms. The molecule has 7 heteroatoms. The summed E-state index contributed by atoms with van der Waals surface area (Å²) in [7, 11) is 0. The number of hydrogen-bond acceptors (Lipinski definition) is 3. The van der Waals surface area contributed by atoms with Crippen molar-refractivity contribution in [2.45, 2.75) is 39.7 Å². The van der Waals surface area contributed by atoms with E-state index in [1.165, 1.54) is 0 Å². The van der Waals surface area contributed by atoms with E-state index in [0.717, 1.165) is 22.3 Å². The van der Waals surface area contributed by atoms with Crippen LogP contribution in [-0.4, -0.2) is 27.1 Å². The lowest BCUT2D eigenvalue weighted by atomic mass is 10.0. The fraction of sp³-hybridized carbons (Fsp3) is 0.261. The minimum Gasteiger partial charge on any atom is -0.347 e. The molecule has 0 atom stereocenters. The van der Waals surface area contributed by atoms with Crippen molar-refractivity contribution in [3.63, 3.8) is 0 Å². The number of halogens is 1. The van der Waals surface area contributed by atoms with Crippen molar-refractivity contribution in [3.05, 3.63) is 76.0 Å². The van der Waals surface area contributed by atoms with E-state index < -0.39 is 0 Å². The Balaban J connectivity index is 1.71. The number of hydrogen-bond donors (Lipinski definition) is 2. The quantitative estimate of drug-likeness (QED) is 0.527. The number of aromatic nitrogens is 2. The molecule has 0 radical (unpaired) electrons. The highest BCUT2D eigenvalue weighted by molar-refractivity contribution is 9.10. The molecular formula is C23H25BrN4O2. The maximum atomic E-state index is 12.7. The van der Waals surface area contributed by atoms with Gasteiger partial charge in [0.1, 0.15) is 0 Å². The Morgan fingerprint density at radius 3 is 2.27 bits per heavy atom. The molecule has 0 fully saturated rings. The van der Waals surface area contributed by atoms with Crippen LogP contribution in [0.15, 0.2) is 59.2 Å². The largest absolute Gasteiger partial charge is 0.347 e. The minimum absolute atomic E-state index is 0.133. The van der Waals surface area contributed by atoms with Gasteiger partial charge in [0.25, 0.3) is 11.8 Å². The van der Waals surface area contributed by atoms with E-state index in [4.69, 9.17) is 0 Å². The van der Waals surface area contributed by atoms with Gasteiger partial charge in [0.2, 0.25) is 0 Å². The molecule has 3 aromatic rings. The Labute approximate surface area is 184 Å². The smallest absolute Gasteiger partial charge is 0.259 e.